The van der Waals surface area contributed by atoms with E-state index >= 15 is 0 Å². The van der Waals surface area contributed by atoms with Crippen molar-refractivity contribution >= 4 is 17.2 Å². The first kappa shape index (κ1) is 21.6. The second kappa shape index (κ2) is 12.9. The molecule has 0 spiro atoms. The van der Waals surface area contributed by atoms with Crippen LogP contribution in [0.25, 0.3) is 0 Å². The summed E-state index contributed by atoms with van der Waals surface area (Å²) in [5.41, 5.74) is 0. The number of nitrogens with zero attached hydrogens (tertiary/aromatic N) is 1. The average Bonchev–Trinajstić information content (AvgIpc) is 3.06. The summed E-state index contributed by atoms with van der Waals surface area (Å²) in [5.74, 6) is -0.142. The molecule has 0 aliphatic carbocycles. The Morgan fingerprint density at radius 3 is 2.88 bits per heavy atom. The van der Waals surface area contributed by atoms with Crippen LogP contribution in [0.15, 0.2) is 18.3 Å². The lowest BCUT2D eigenvalue weighted by Gasteiger charge is -2.13. The quantitative estimate of drug-likeness (QED) is 0.368. The number of unbranched alkanes of at least 4 members (excludes halogenated alkanes) is 2. The van der Waals surface area contributed by atoms with Crippen molar-refractivity contribution in [1.29, 1.82) is 0 Å². The molecule has 0 bridgehead atoms. The van der Waals surface area contributed by atoms with Crippen LogP contribution in [-0.2, 0) is 0 Å². The second-order valence-corrected chi connectivity index (χ2v) is 7.17. The van der Waals surface area contributed by atoms with E-state index in [1.165, 1.54) is 30.4 Å². The zero-order valence-electron chi connectivity index (χ0n) is 15.5. The Hall–Kier alpha value is -1.44. The van der Waals surface area contributed by atoms with Crippen molar-refractivity contribution in [2.45, 2.75) is 58.6 Å². The molecule has 0 saturated carbocycles. The molecule has 0 aliphatic rings. The fraction of sp³-hybridized carbons (Fsp3) is 0.667. The minimum atomic E-state index is -0.608. The summed E-state index contributed by atoms with van der Waals surface area (Å²) in [6.07, 6.45) is 9.48. The van der Waals surface area contributed by atoms with Gasteiger partial charge in [-0.3, -0.25) is 4.79 Å². The van der Waals surface area contributed by atoms with Crippen LogP contribution >= 0.6 is 11.3 Å². The second-order valence-electron chi connectivity index (χ2n) is 6.18. The number of rotatable bonds is 13. The lowest BCUT2D eigenvalue weighted by molar-refractivity contribution is 0.0958. The van der Waals surface area contributed by atoms with E-state index < -0.39 is 6.10 Å². The van der Waals surface area contributed by atoms with Crippen molar-refractivity contribution in [2.24, 2.45) is 0 Å². The smallest absolute Gasteiger partial charge is 0.273 e. The first-order valence-electron chi connectivity index (χ1n) is 8.96. The van der Waals surface area contributed by atoms with E-state index in [0.717, 1.165) is 12.8 Å². The maximum absolute atomic E-state index is 12.0. The largest absolute Gasteiger partial charge is 0.467 e. The molecule has 0 aliphatic heterocycles. The van der Waals surface area contributed by atoms with Gasteiger partial charge in [-0.2, -0.15) is 0 Å². The van der Waals surface area contributed by atoms with Crippen LogP contribution in [0.3, 0.4) is 0 Å². The molecule has 0 saturated heterocycles. The van der Waals surface area contributed by atoms with Crippen molar-refractivity contribution in [3.8, 4) is 5.19 Å². The van der Waals surface area contributed by atoms with Crippen molar-refractivity contribution < 1.29 is 14.6 Å². The Labute approximate surface area is 154 Å². The summed E-state index contributed by atoms with van der Waals surface area (Å²) in [5, 5.41) is 16.2. The molecule has 1 aromatic rings. The molecule has 1 heterocycles. The summed E-state index contributed by atoms with van der Waals surface area (Å²) in [6.45, 7) is 7.42. The van der Waals surface area contributed by atoms with E-state index in [4.69, 9.17) is 4.74 Å². The maximum atomic E-state index is 12.0. The van der Waals surface area contributed by atoms with Gasteiger partial charge in [-0.15, -0.1) is 0 Å². The van der Waals surface area contributed by atoms with E-state index in [9.17, 15) is 9.90 Å². The van der Waals surface area contributed by atoms with E-state index in [-0.39, 0.29) is 12.5 Å². The summed E-state index contributed by atoms with van der Waals surface area (Å²) in [7, 11) is 0. The molecule has 1 rings (SSSR count). The minimum Gasteiger partial charge on any atom is -0.467 e. The number of aliphatic hydroxyl groups is 1. The van der Waals surface area contributed by atoms with Gasteiger partial charge in [0.1, 0.15) is 17.6 Å². The first-order chi connectivity index (χ1) is 12.0. The van der Waals surface area contributed by atoms with E-state index in [0.29, 0.717) is 29.2 Å². The molecule has 0 fully saturated rings. The molecule has 25 heavy (non-hydrogen) atoms. The molecule has 0 aromatic carbocycles. The molecule has 142 valence electrons. The zero-order valence-corrected chi connectivity index (χ0v) is 16.3. The van der Waals surface area contributed by atoms with Gasteiger partial charge in [0.25, 0.3) is 11.1 Å². The standard InChI is InChI=1S/C18H31N3O3S/c1-4-5-6-7-8-9-10-19-17(23)16-12-21-18(25-16)24-13-15(22)11-20-14(2)3/h7-8,12,14-15,20,22H,4-6,9-11,13H2,1-3H3,(H,19,23)/b8-7-. The van der Waals surface area contributed by atoms with E-state index in [2.05, 4.69) is 34.7 Å². The summed E-state index contributed by atoms with van der Waals surface area (Å²) in [4.78, 5) is 16.6. The van der Waals surface area contributed by atoms with Gasteiger partial charge in [0, 0.05) is 19.1 Å². The highest BCUT2D eigenvalue weighted by Crippen LogP contribution is 2.20. The molecule has 1 aromatic heterocycles. The molecule has 1 unspecified atom stereocenters. The number of nitrogens with one attached hydrogen (secondary N) is 2. The number of carbonyl (C=O) groups excluding carboxylic acids is 1. The SMILES string of the molecule is CCCC/C=C\CCNC(=O)c1cnc(OCC(O)CNC(C)C)s1. The number of hydrogen-bond acceptors (Lipinski definition) is 6. The van der Waals surface area contributed by atoms with Crippen molar-refractivity contribution in [1.82, 2.24) is 15.6 Å². The van der Waals surface area contributed by atoms with Gasteiger partial charge in [-0.1, -0.05) is 57.1 Å². The fourth-order valence-electron chi connectivity index (χ4n) is 1.94. The third kappa shape index (κ3) is 10.2. The number of allylic oxidation sites excluding steroid dienone is 1. The van der Waals surface area contributed by atoms with Crippen LogP contribution in [0, 0.1) is 0 Å². The zero-order chi connectivity index (χ0) is 18.5. The molecule has 6 nitrogen and oxygen atoms in total. The van der Waals surface area contributed by atoms with Gasteiger partial charge >= 0.3 is 0 Å². The van der Waals surface area contributed by atoms with Gasteiger partial charge in [-0.05, 0) is 12.8 Å². The normalized spacial score (nSPS) is 12.7. The molecule has 1 amide bonds. The van der Waals surface area contributed by atoms with Crippen LogP contribution in [0.5, 0.6) is 5.19 Å². The van der Waals surface area contributed by atoms with Crippen molar-refractivity contribution in [2.75, 3.05) is 19.7 Å². The van der Waals surface area contributed by atoms with Crippen LogP contribution in [-0.4, -0.2) is 47.8 Å². The highest BCUT2D eigenvalue weighted by Gasteiger charge is 2.12. The number of aromatic nitrogens is 1. The van der Waals surface area contributed by atoms with Crippen molar-refractivity contribution in [3.05, 3.63) is 23.2 Å². The lowest BCUT2D eigenvalue weighted by Crippen LogP contribution is -2.35. The van der Waals surface area contributed by atoms with E-state index in [1.54, 1.807) is 0 Å². The maximum Gasteiger partial charge on any atom is 0.273 e. The van der Waals surface area contributed by atoms with Gasteiger partial charge in [-0.25, -0.2) is 4.98 Å². The average molecular weight is 370 g/mol. The van der Waals surface area contributed by atoms with Gasteiger partial charge in [0.05, 0.1) is 6.20 Å². The van der Waals surface area contributed by atoms with Crippen LogP contribution in [0.1, 0.15) is 56.1 Å². The highest BCUT2D eigenvalue weighted by atomic mass is 32.1. The topological polar surface area (TPSA) is 83.5 Å². The Morgan fingerprint density at radius 1 is 1.40 bits per heavy atom. The molecule has 0 radical (unpaired) electrons. The Kier molecular flexibility index (Phi) is 11.1. The van der Waals surface area contributed by atoms with Crippen molar-refractivity contribution in [3.63, 3.8) is 0 Å². The highest BCUT2D eigenvalue weighted by molar-refractivity contribution is 7.15. The predicted octanol–water partition coefficient (Wildman–Crippen LogP) is 2.75. The molecule has 1 atom stereocenters. The van der Waals surface area contributed by atoms with E-state index in [1.807, 2.05) is 13.8 Å². The summed E-state index contributed by atoms with van der Waals surface area (Å²) in [6, 6.07) is 0.311. The number of hydrogen-bond donors (Lipinski definition) is 3. The minimum absolute atomic E-state index is 0.142. The number of aliphatic hydroxyl groups excluding tert-OH is 1. The lowest BCUT2D eigenvalue weighted by atomic mass is 10.2. The van der Waals surface area contributed by atoms with Gasteiger partial charge in [0.15, 0.2) is 0 Å². The van der Waals surface area contributed by atoms with Crippen LogP contribution < -0.4 is 15.4 Å². The summed E-state index contributed by atoms with van der Waals surface area (Å²) < 4.78 is 5.44. The Bertz CT molecular complexity index is 517. The number of thiazole rings is 1. The number of carbonyl (C=O) groups is 1. The molecule has 3 N–H and O–H groups in total. The monoisotopic (exact) mass is 369 g/mol. The third-order valence-electron chi connectivity index (χ3n) is 3.36. The van der Waals surface area contributed by atoms with Gasteiger partial charge < -0.3 is 20.5 Å². The number of ether oxygens (including phenoxy) is 1. The van der Waals surface area contributed by atoms with Crippen LogP contribution in [0.2, 0.25) is 0 Å². The molecular weight excluding hydrogens is 338 g/mol. The predicted molar refractivity (Wildman–Crippen MR) is 102 cm³/mol. The first-order valence-corrected chi connectivity index (χ1v) is 9.77. The Balaban J connectivity index is 2.24. The number of amides is 1. The fourth-order valence-corrected chi connectivity index (χ4v) is 2.63. The van der Waals surface area contributed by atoms with Crippen LogP contribution in [0.4, 0.5) is 0 Å². The Morgan fingerprint density at radius 2 is 2.16 bits per heavy atom. The molecule has 7 heteroatoms. The van der Waals surface area contributed by atoms with Gasteiger partial charge in [0.2, 0.25) is 0 Å². The molecular formula is C18H31N3O3S. The third-order valence-corrected chi connectivity index (χ3v) is 4.27. The summed E-state index contributed by atoms with van der Waals surface area (Å²) >= 11 is 1.19.